The van der Waals surface area contributed by atoms with Crippen molar-refractivity contribution >= 4 is 11.7 Å². The van der Waals surface area contributed by atoms with Gasteiger partial charge in [0.15, 0.2) is 0 Å². The first kappa shape index (κ1) is 15.3. The second kappa shape index (κ2) is 8.44. The standard InChI is InChI=1S/C13H20FN3/c1-5-12(8-6-10(2)14)9-7-11(3)17-13(15)16-4/h5-6,8H,1,7,9H2,2-4H3,(H2,15,16)/b10-6+,12-8+,17-11-. The van der Waals surface area contributed by atoms with Crippen LogP contribution >= 0.6 is 0 Å². The van der Waals surface area contributed by atoms with E-state index in [9.17, 15) is 4.39 Å². The molecule has 0 fully saturated rings. The lowest BCUT2D eigenvalue weighted by Crippen LogP contribution is -2.10. The minimum Gasteiger partial charge on any atom is -0.368 e. The van der Waals surface area contributed by atoms with Gasteiger partial charge < -0.3 is 5.73 Å². The minimum absolute atomic E-state index is 0.225. The van der Waals surface area contributed by atoms with Gasteiger partial charge in [0.2, 0.25) is 5.96 Å². The number of nitrogens with zero attached hydrogens (tertiary/aromatic N) is 2. The van der Waals surface area contributed by atoms with Crippen LogP contribution in [0.2, 0.25) is 0 Å². The van der Waals surface area contributed by atoms with E-state index in [0.29, 0.717) is 0 Å². The normalized spacial score (nSPS) is 15.1. The zero-order chi connectivity index (χ0) is 13.3. The summed E-state index contributed by atoms with van der Waals surface area (Å²) in [5.74, 6) is 0.0447. The molecule has 0 aliphatic carbocycles. The van der Waals surface area contributed by atoms with Crippen LogP contribution in [0.4, 0.5) is 4.39 Å². The van der Waals surface area contributed by atoms with Crippen LogP contribution in [0.5, 0.6) is 0 Å². The van der Waals surface area contributed by atoms with E-state index in [0.717, 1.165) is 24.1 Å². The first-order chi connectivity index (χ1) is 7.99. The van der Waals surface area contributed by atoms with Gasteiger partial charge in [-0.25, -0.2) is 9.38 Å². The Morgan fingerprint density at radius 2 is 1.94 bits per heavy atom. The highest BCUT2D eigenvalue weighted by molar-refractivity contribution is 5.95. The van der Waals surface area contributed by atoms with Crippen molar-refractivity contribution in [1.82, 2.24) is 0 Å². The third-order valence-electron chi connectivity index (χ3n) is 2.10. The maximum absolute atomic E-state index is 12.5. The number of hydrogen-bond acceptors (Lipinski definition) is 1. The summed E-state index contributed by atoms with van der Waals surface area (Å²) in [5, 5.41) is 0. The van der Waals surface area contributed by atoms with Crippen molar-refractivity contribution in [2.75, 3.05) is 7.05 Å². The zero-order valence-electron chi connectivity index (χ0n) is 10.7. The first-order valence-corrected chi connectivity index (χ1v) is 5.41. The molecule has 3 nitrogen and oxygen atoms in total. The summed E-state index contributed by atoms with van der Waals surface area (Å²) in [7, 11) is 1.59. The van der Waals surface area contributed by atoms with Crippen molar-refractivity contribution in [3.8, 4) is 0 Å². The monoisotopic (exact) mass is 237 g/mol. The first-order valence-electron chi connectivity index (χ1n) is 5.41. The van der Waals surface area contributed by atoms with Crippen LogP contribution in [-0.4, -0.2) is 18.7 Å². The highest BCUT2D eigenvalue weighted by Gasteiger charge is 1.96. The van der Waals surface area contributed by atoms with Crippen molar-refractivity contribution < 1.29 is 4.39 Å². The molecule has 0 radical (unpaired) electrons. The van der Waals surface area contributed by atoms with Crippen molar-refractivity contribution in [2.24, 2.45) is 15.7 Å². The van der Waals surface area contributed by atoms with Gasteiger partial charge in [-0.2, -0.15) is 0 Å². The molecule has 0 unspecified atom stereocenters. The summed E-state index contributed by atoms with van der Waals surface area (Å²) in [6.45, 7) is 6.97. The smallest absolute Gasteiger partial charge is 0.214 e. The summed E-state index contributed by atoms with van der Waals surface area (Å²) < 4.78 is 12.5. The van der Waals surface area contributed by atoms with E-state index >= 15 is 0 Å². The van der Waals surface area contributed by atoms with Crippen LogP contribution in [0.1, 0.15) is 26.7 Å². The van der Waals surface area contributed by atoms with E-state index in [1.54, 1.807) is 19.2 Å². The van der Waals surface area contributed by atoms with Crippen LogP contribution in [-0.2, 0) is 0 Å². The molecule has 0 saturated heterocycles. The second-order valence-corrected chi connectivity index (χ2v) is 3.63. The van der Waals surface area contributed by atoms with Crippen molar-refractivity contribution in [2.45, 2.75) is 26.7 Å². The van der Waals surface area contributed by atoms with Crippen LogP contribution < -0.4 is 5.73 Å². The number of nitrogens with two attached hydrogens (primary N) is 1. The largest absolute Gasteiger partial charge is 0.368 e. The Labute approximate surface area is 102 Å². The Morgan fingerprint density at radius 1 is 1.29 bits per heavy atom. The molecule has 0 saturated carbocycles. The fourth-order valence-corrected chi connectivity index (χ4v) is 1.10. The van der Waals surface area contributed by atoms with E-state index in [2.05, 4.69) is 16.6 Å². The SMILES string of the molecule is C=C/C(=C\C=C(/C)F)CC/C(C)=N\C(N)=N/C. The average Bonchev–Trinajstić information content (AvgIpc) is 2.28. The molecule has 0 aromatic rings. The fraction of sp³-hybridized carbons (Fsp3) is 0.385. The van der Waals surface area contributed by atoms with Crippen molar-refractivity contribution in [3.05, 3.63) is 36.2 Å². The van der Waals surface area contributed by atoms with Gasteiger partial charge in [0.05, 0.1) is 5.83 Å². The van der Waals surface area contributed by atoms with E-state index in [1.807, 2.05) is 6.92 Å². The molecular weight excluding hydrogens is 217 g/mol. The molecule has 4 heteroatoms. The Balaban J connectivity index is 4.44. The minimum atomic E-state index is -0.225. The maximum Gasteiger partial charge on any atom is 0.214 e. The van der Waals surface area contributed by atoms with Gasteiger partial charge in [-0.05, 0) is 38.3 Å². The average molecular weight is 237 g/mol. The summed E-state index contributed by atoms with van der Waals surface area (Å²) in [5.41, 5.74) is 7.33. The van der Waals surface area contributed by atoms with Gasteiger partial charge in [-0.15, -0.1) is 0 Å². The topological polar surface area (TPSA) is 50.7 Å². The van der Waals surface area contributed by atoms with Crippen molar-refractivity contribution in [1.29, 1.82) is 0 Å². The Morgan fingerprint density at radius 3 is 2.41 bits per heavy atom. The molecule has 0 heterocycles. The molecule has 2 N–H and O–H groups in total. The molecule has 94 valence electrons. The number of halogens is 1. The van der Waals surface area contributed by atoms with Crippen LogP contribution in [0.15, 0.2) is 46.2 Å². The second-order valence-electron chi connectivity index (χ2n) is 3.63. The number of hydrogen-bond donors (Lipinski definition) is 1. The number of allylic oxidation sites excluding steroid dienone is 5. The van der Waals surface area contributed by atoms with E-state index < -0.39 is 0 Å². The molecule has 0 aromatic heterocycles. The van der Waals surface area contributed by atoms with Crippen LogP contribution in [0.25, 0.3) is 0 Å². The molecular formula is C13H20FN3. The van der Waals surface area contributed by atoms with Gasteiger partial charge in [-0.3, -0.25) is 4.99 Å². The third-order valence-corrected chi connectivity index (χ3v) is 2.10. The molecule has 0 bridgehead atoms. The lowest BCUT2D eigenvalue weighted by molar-refractivity contribution is 0.640. The van der Waals surface area contributed by atoms with Crippen LogP contribution in [0, 0.1) is 0 Å². The highest BCUT2D eigenvalue weighted by Crippen LogP contribution is 2.09. The number of aliphatic imine (C=N–C) groups is 2. The summed E-state index contributed by atoms with van der Waals surface area (Å²) in [6.07, 6.45) is 6.34. The summed E-state index contributed by atoms with van der Waals surface area (Å²) in [6, 6.07) is 0. The lowest BCUT2D eigenvalue weighted by Gasteiger charge is -2.01. The Kier molecular flexibility index (Phi) is 7.59. The molecule has 0 spiro atoms. The van der Waals surface area contributed by atoms with Gasteiger partial charge in [0, 0.05) is 12.8 Å². The van der Waals surface area contributed by atoms with Gasteiger partial charge in [0.1, 0.15) is 0 Å². The summed E-state index contributed by atoms with van der Waals surface area (Å²) >= 11 is 0. The molecule has 0 aliphatic rings. The highest BCUT2D eigenvalue weighted by atomic mass is 19.1. The van der Waals surface area contributed by atoms with Crippen molar-refractivity contribution in [3.63, 3.8) is 0 Å². The molecule has 0 amide bonds. The number of guanidine groups is 1. The predicted molar refractivity (Wildman–Crippen MR) is 73.0 cm³/mol. The van der Waals surface area contributed by atoms with E-state index in [1.165, 1.54) is 13.0 Å². The lowest BCUT2D eigenvalue weighted by atomic mass is 10.1. The third kappa shape index (κ3) is 8.13. The van der Waals surface area contributed by atoms with Gasteiger partial charge >= 0.3 is 0 Å². The van der Waals surface area contributed by atoms with Crippen LogP contribution in [0.3, 0.4) is 0 Å². The van der Waals surface area contributed by atoms with E-state index in [4.69, 9.17) is 5.73 Å². The Hall–Kier alpha value is -1.71. The Bertz CT molecular complexity index is 372. The number of rotatable bonds is 5. The zero-order valence-corrected chi connectivity index (χ0v) is 10.7. The van der Waals surface area contributed by atoms with Gasteiger partial charge in [0.25, 0.3) is 0 Å². The van der Waals surface area contributed by atoms with E-state index in [-0.39, 0.29) is 11.8 Å². The molecule has 17 heavy (non-hydrogen) atoms. The quantitative estimate of drug-likeness (QED) is 0.445. The van der Waals surface area contributed by atoms with Gasteiger partial charge in [-0.1, -0.05) is 18.7 Å². The maximum atomic E-state index is 12.5. The molecule has 0 rings (SSSR count). The fourth-order valence-electron chi connectivity index (χ4n) is 1.10. The summed E-state index contributed by atoms with van der Waals surface area (Å²) in [4.78, 5) is 7.84. The molecule has 0 atom stereocenters. The predicted octanol–water partition coefficient (Wildman–Crippen LogP) is 3.16. The molecule has 0 aliphatic heterocycles. The molecule has 0 aromatic carbocycles.